The second-order valence-corrected chi connectivity index (χ2v) is 4.35. The molecule has 0 rings (SSSR count). The molecule has 0 amide bonds. The van der Waals surface area contributed by atoms with Crippen LogP contribution >= 0.6 is 0 Å². The van der Waals surface area contributed by atoms with Gasteiger partial charge < -0.3 is 55.9 Å². The van der Waals surface area contributed by atoms with E-state index >= 15 is 0 Å². The molecule has 134 valence electrons. The molecule has 22 heavy (non-hydrogen) atoms. The van der Waals surface area contributed by atoms with Crippen molar-refractivity contribution in [2.45, 2.75) is 42.7 Å². The van der Waals surface area contributed by atoms with E-state index in [1.165, 1.54) is 0 Å². The Morgan fingerprint density at radius 2 is 0.909 bits per heavy atom. The van der Waals surface area contributed by atoms with Gasteiger partial charge in [-0.25, -0.2) is 0 Å². The van der Waals surface area contributed by atoms with Crippen LogP contribution in [0.2, 0.25) is 0 Å². The molecule has 0 fully saturated rings. The van der Waals surface area contributed by atoms with E-state index in [0.29, 0.717) is 0 Å². The first-order valence-electron chi connectivity index (χ1n) is 6.22. The van der Waals surface area contributed by atoms with E-state index in [1.807, 2.05) is 0 Å². The van der Waals surface area contributed by atoms with Gasteiger partial charge in [0.05, 0.1) is 19.8 Å². The summed E-state index contributed by atoms with van der Waals surface area (Å²) >= 11 is 0. The van der Waals surface area contributed by atoms with E-state index in [0.717, 1.165) is 0 Å². The Kier molecular flexibility index (Phi) is 13.7. The molecule has 0 radical (unpaired) electrons. The summed E-state index contributed by atoms with van der Waals surface area (Å²) in [7, 11) is 0. The molecule has 0 aliphatic heterocycles. The van der Waals surface area contributed by atoms with Crippen LogP contribution in [0.1, 0.15) is 0 Å². The van der Waals surface area contributed by atoms with Crippen LogP contribution in [0.25, 0.3) is 0 Å². The molecule has 0 aliphatic rings. The molecule has 0 aromatic heterocycles. The Labute approximate surface area is 125 Å². The van der Waals surface area contributed by atoms with Crippen LogP contribution in [-0.4, -0.2) is 120 Å². The summed E-state index contributed by atoms with van der Waals surface area (Å²) in [6.45, 7) is -2.04. The van der Waals surface area contributed by atoms with Crippen molar-refractivity contribution in [2.75, 3.05) is 19.8 Å². The minimum atomic E-state index is -1.79. The highest BCUT2D eigenvalue weighted by atomic mass is 16.4. The van der Waals surface area contributed by atoms with Gasteiger partial charge in [-0.3, -0.25) is 0 Å². The lowest BCUT2D eigenvalue weighted by Gasteiger charge is -2.22. The van der Waals surface area contributed by atoms with Crippen molar-refractivity contribution in [3.05, 3.63) is 0 Å². The third-order valence-corrected chi connectivity index (χ3v) is 2.58. The Hall–Kier alpha value is -0.730. The summed E-state index contributed by atoms with van der Waals surface area (Å²) in [4.78, 5) is 9.90. The molecule has 11 nitrogen and oxygen atoms in total. The van der Waals surface area contributed by atoms with Crippen molar-refractivity contribution >= 4 is 6.29 Å². The summed E-state index contributed by atoms with van der Waals surface area (Å²) in [6, 6.07) is 0. The molecule has 0 spiro atoms. The number of carbonyl (C=O) groups excluding carboxylic acids is 1. The van der Waals surface area contributed by atoms with Gasteiger partial charge >= 0.3 is 0 Å². The zero-order valence-electron chi connectivity index (χ0n) is 11.6. The van der Waals surface area contributed by atoms with Gasteiger partial charge in [0.15, 0.2) is 6.29 Å². The van der Waals surface area contributed by atoms with E-state index in [-0.39, 0.29) is 6.29 Å². The van der Waals surface area contributed by atoms with E-state index in [4.69, 9.17) is 51.1 Å². The highest BCUT2D eigenvalue weighted by Gasteiger charge is 2.29. The van der Waals surface area contributed by atoms with Crippen molar-refractivity contribution < 1.29 is 55.9 Å². The molecule has 6 unspecified atom stereocenters. The summed E-state index contributed by atoms with van der Waals surface area (Å²) in [5.74, 6) is 0. The third-order valence-electron chi connectivity index (χ3n) is 2.58. The lowest BCUT2D eigenvalue weighted by Crippen LogP contribution is -2.46. The smallest absolute Gasteiger partial charge is 0.151 e. The fraction of sp³-hybridized carbons (Fsp3) is 0.909. The van der Waals surface area contributed by atoms with E-state index in [2.05, 4.69) is 0 Å². The predicted molar refractivity (Wildman–Crippen MR) is 69.4 cm³/mol. The van der Waals surface area contributed by atoms with Crippen LogP contribution in [0, 0.1) is 0 Å². The van der Waals surface area contributed by atoms with Crippen LogP contribution in [0.3, 0.4) is 0 Å². The van der Waals surface area contributed by atoms with Crippen LogP contribution in [0.4, 0.5) is 0 Å². The fourth-order valence-corrected chi connectivity index (χ4v) is 1.09. The largest absolute Gasteiger partial charge is 0.394 e. The zero-order chi connectivity index (χ0) is 17.9. The van der Waals surface area contributed by atoms with Gasteiger partial charge in [-0.2, -0.15) is 0 Å². The minimum absolute atomic E-state index is 0.0258. The Morgan fingerprint density at radius 3 is 1.18 bits per heavy atom. The second-order valence-electron chi connectivity index (χ2n) is 4.35. The van der Waals surface area contributed by atoms with E-state index in [9.17, 15) is 4.79 Å². The number of aldehydes is 1. The lowest BCUT2D eigenvalue weighted by atomic mass is 10.0. The monoisotopic (exact) mass is 332 g/mol. The number of aliphatic hydroxyl groups is 10. The molecule has 0 aliphatic carbocycles. The molecule has 6 atom stereocenters. The van der Waals surface area contributed by atoms with Gasteiger partial charge in [-0.05, 0) is 0 Å². The number of carbonyl (C=O) groups is 1. The van der Waals surface area contributed by atoms with Crippen LogP contribution in [0.5, 0.6) is 0 Å². The number of hydrogen-bond donors (Lipinski definition) is 10. The van der Waals surface area contributed by atoms with Gasteiger partial charge in [-0.1, -0.05) is 0 Å². The van der Waals surface area contributed by atoms with Crippen molar-refractivity contribution in [1.29, 1.82) is 0 Å². The number of hydrogen-bond acceptors (Lipinski definition) is 11. The number of rotatable bonds is 9. The van der Waals surface area contributed by atoms with Gasteiger partial charge in [0.2, 0.25) is 0 Å². The molecule has 0 saturated carbocycles. The Balaban J connectivity index is 0. The first kappa shape index (κ1) is 23.5. The molecular formula is C11H24O11. The summed E-state index contributed by atoms with van der Waals surface area (Å²) in [5.41, 5.74) is 0. The van der Waals surface area contributed by atoms with Crippen LogP contribution in [-0.2, 0) is 4.79 Å². The van der Waals surface area contributed by atoms with Crippen LogP contribution in [0.15, 0.2) is 0 Å². The van der Waals surface area contributed by atoms with Crippen molar-refractivity contribution in [3.8, 4) is 0 Å². The quantitative estimate of drug-likeness (QED) is 0.179. The molecule has 0 aromatic carbocycles. The van der Waals surface area contributed by atoms with Crippen LogP contribution < -0.4 is 0 Å². The van der Waals surface area contributed by atoms with Gasteiger partial charge in [0, 0.05) is 0 Å². The molecule has 11 heteroatoms. The normalized spacial score (nSPS) is 20.6. The van der Waals surface area contributed by atoms with E-state index in [1.54, 1.807) is 0 Å². The highest BCUT2D eigenvalue weighted by molar-refractivity contribution is 5.56. The fourth-order valence-electron chi connectivity index (χ4n) is 1.09. The first-order valence-corrected chi connectivity index (χ1v) is 6.22. The van der Waals surface area contributed by atoms with Crippen molar-refractivity contribution in [2.24, 2.45) is 0 Å². The maximum atomic E-state index is 9.90. The molecule has 0 bridgehead atoms. The average Bonchev–Trinajstić information content (AvgIpc) is 2.56. The maximum Gasteiger partial charge on any atom is 0.151 e. The van der Waals surface area contributed by atoms with E-state index < -0.39 is 62.5 Å². The standard InChI is InChI=1S/C6H12O6.C5H12O5/c7-1-3(9)5(11)6(12)4(10)2-8;6-1-3(8)5(10)4(9)2-7/h1,3-6,8-12H,2H2;3-10H,1-2H2. The van der Waals surface area contributed by atoms with Crippen molar-refractivity contribution in [3.63, 3.8) is 0 Å². The first-order chi connectivity index (χ1) is 10.2. The van der Waals surface area contributed by atoms with Gasteiger partial charge in [0.25, 0.3) is 0 Å². The Bertz CT molecular complexity index is 267. The lowest BCUT2D eigenvalue weighted by molar-refractivity contribution is -0.136. The van der Waals surface area contributed by atoms with Gasteiger partial charge in [0.1, 0.15) is 42.7 Å². The molecule has 0 saturated heterocycles. The maximum absolute atomic E-state index is 9.90. The molecule has 0 heterocycles. The SMILES string of the molecule is O=CC(O)C(O)C(O)C(O)CO.OCC(O)C(O)C(O)CO. The average molecular weight is 332 g/mol. The Morgan fingerprint density at radius 1 is 0.591 bits per heavy atom. The summed E-state index contributed by atoms with van der Waals surface area (Å²) < 4.78 is 0. The molecule has 0 aromatic rings. The third kappa shape index (κ3) is 8.65. The minimum Gasteiger partial charge on any atom is -0.394 e. The molecular weight excluding hydrogens is 308 g/mol. The zero-order valence-corrected chi connectivity index (χ0v) is 11.6. The highest BCUT2D eigenvalue weighted by Crippen LogP contribution is 2.03. The topological polar surface area (TPSA) is 219 Å². The van der Waals surface area contributed by atoms with Crippen molar-refractivity contribution in [1.82, 2.24) is 0 Å². The molecule has 10 N–H and O–H groups in total. The number of aliphatic hydroxyl groups excluding tert-OH is 10. The second kappa shape index (κ2) is 12.8. The van der Waals surface area contributed by atoms with Gasteiger partial charge in [-0.15, -0.1) is 0 Å². The summed E-state index contributed by atoms with van der Waals surface area (Å²) in [5, 5.41) is 86.1. The summed E-state index contributed by atoms with van der Waals surface area (Å²) in [6.07, 6.45) is -11.1. The predicted octanol–water partition coefficient (Wildman–Crippen LogP) is -6.33.